The van der Waals surface area contributed by atoms with E-state index in [0.717, 1.165) is 12.0 Å². The molecule has 0 N–H and O–H groups in total. The summed E-state index contributed by atoms with van der Waals surface area (Å²) in [5.41, 5.74) is 1.05. The first-order valence-electron chi connectivity index (χ1n) is 5.11. The van der Waals surface area contributed by atoms with Gasteiger partial charge in [-0.1, -0.05) is 40.5 Å². The van der Waals surface area contributed by atoms with Crippen LogP contribution < -0.4 is 0 Å². The molecule has 0 aromatic heterocycles. The van der Waals surface area contributed by atoms with Crippen LogP contribution in [0.25, 0.3) is 0 Å². The molecule has 1 aromatic rings. The quantitative estimate of drug-likeness (QED) is 0.715. The highest BCUT2D eigenvalue weighted by Gasteiger charge is 2.46. The van der Waals surface area contributed by atoms with E-state index in [-0.39, 0.29) is 11.2 Å². The summed E-state index contributed by atoms with van der Waals surface area (Å²) in [6, 6.07) is 4.95. The van der Waals surface area contributed by atoms with Gasteiger partial charge in [0.05, 0.1) is 0 Å². The normalized spacial score (nSPS) is 20.0. The van der Waals surface area contributed by atoms with Gasteiger partial charge in [0.2, 0.25) is 0 Å². The maximum absolute atomic E-state index is 13.6. The third-order valence-corrected chi connectivity index (χ3v) is 4.50. The molecule has 82 valence electrons. The van der Waals surface area contributed by atoms with Gasteiger partial charge in [-0.3, -0.25) is 0 Å². The lowest BCUT2D eigenvalue weighted by Crippen LogP contribution is -2.15. The molecule has 2 rings (SSSR count). The predicted molar refractivity (Wildman–Crippen MR) is 65.2 cm³/mol. The number of rotatable bonds is 3. The van der Waals surface area contributed by atoms with Crippen LogP contribution in [0.2, 0.25) is 5.02 Å². The molecule has 0 heterocycles. The molecule has 0 spiro atoms. The molecule has 0 saturated heterocycles. The van der Waals surface area contributed by atoms with Crippen molar-refractivity contribution >= 4 is 27.5 Å². The van der Waals surface area contributed by atoms with Crippen LogP contribution in [0.3, 0.4) is 0 Å². The Balaban J connectivity index is 2.18. The smallest absolute Gasteiger partial charge is 0.127 e. The van der Waals surface area contributed by atoms with Crippen molar-refractivity contribution in [1.29, 1.82) is 0 Å². The summed E-state index contributed by atoms with van der Waals surface area (Å²) in [4.78, 5) is 0.445. The molecular weight excluding hydrogens is 278 g/mol. The fraction of sp³-hybridized carbons (Fsp3) is 0.500. The van der Waals surface area contributed by atoms with Crippen molar-refractivity contribution in [3.63, 3.8) is 0 Å². The Morgan fingerprint density at radius 2 is 2.20 bits per heavy atom. The molecule has 1 aliphatic carbocycles. The number of benzene rings is 1. The second kappa shape index (κ2) is 4.06. The van der Waals surface area contributed by atoms with E-state index in [1.165, 1.54) is 18.9 Å². The Morgan fingerprint density at radius 1 is 1.53 bits per heavy atom. The Bertz CT molecular complexity index is 372. The van der Waals surface area contributed by atoms with Crippen LogP contribution in [0.15, 0.2) is 18.2 Å². The lowest BCUT2D eigenvalue weighted by atomic mass is 9.93. The van der Waals surface area contributed by atoms with E-state index in [1.807, 2.05) is 0 Å². The maximum atomic E-state index is 13.6. The zero-order valence-corrected chi connectivity index (χ0v) is 10.9. The van der Waals surface area contributed by atoms with Crippen molar-refractivity contribution in [3.8, 4) is 0 Å². The summed E-state index contributed by atoms with van der Waals surface area (Å²) in [7, 11) is 0. The lowest BCUT2D eigenvalue weighted by molar-refractivity contribution is 0.490. The predicted octanol–water partition coefficient (Wildman–Crippen LogP) is 4.59. The van der Waals surface area contributed by atoms with Crippen LogP contribution in [0.5, 0.6) is 0 Å². The maximum Gasteiger partial charge on any atom is 0.127 e. The van der Waals surface area contributed by atoms with Crippen molar-refractivity contribution < 1.29 is 4.39 Å². The first-order valence-corrected chi connectivity index (χ1v) is 6.41. The highest BCUT2D eigenvalue weighted by Crippen LogP contribution is 2.54. The number of hydrogen-bond donors (Lipinski definition) is 0. The molecule has 1 atom stereocenters. The van der Waals surface area contributed by atoms with E-state index in [9.17, 15) is 4.39 Å². The van der Waals surface area contributed by atoms with E-state index in [1.54, 1.807) is 12.1 Å². The zero-order chi connectivity index (χ0) is 11.1. The van der Waals surface area contributed by atoms with Gasteiger partial charge in [0.15, 0.2) is 0 Å². The second-order valence-corrected chi connectivity index (χ2v) is 6.20. The van der Waals surface area contributed by atoms with E-state index in [0.29, 0.717) is 9.85 Å². The monoisotopic (exact) mass is 290 g/mol. The molecular formula is C12H13BrClF. The van der Waals surface area contributed by atoms with Gasteiger partial charge in [0, 0.05) is 9.85 Å². The first kappa shape index (κ1) is 11.4. The van der Waals surface area contributed by atoms with Gasteiger partial charge in [0.25, 0.3) is 0 Å². The van der Waals surface area contributed by atoms with E-state index in [2.05, 4.69) is 22.9 Å². The highest BCUT2D eigenvalue weighted by atomic mass is 79.9. The molecule has 0 bridgehead atoms. The van der Waals surface area contributed by atoms with E-state index >= 15 is 0 Å². The van der Waals surface area contributed by atoms with Crippen LogP contribution in [0.4, 0.5) is 4.39 Å². The molecule has 1 unspecified atom stereocenters. The Morgan fingerprint density at radius 3 is 2.67 bits per heavy atom. The molecule has 3 heteroatoms. The average Bonchev–Trinajstić information content (AvgIpc) is 2.91. The number of alkyl halides is 1. The SMILES string of the molecule is CC(Br)C1(Cc2ccc(Cl)cc2F)CC1. The highest BCUT2D eigenvalue weighted by molar-refractivity contribution is 9.09. The summed E-state index contributed by atoms with van der Waals surface area (Å²) in [5.74, 6) is -0.179. The summed E-state index contributed by atoms with van der Waals surface area (Å²) in [5, 5.41) is 0.466. The Kier molecular flexibility index (Phi) is 3.09. The standard InChI is InChI=1S/C12H13BrClF/c1-8(13)12(4-5-12)7-9-2-3-10(14)6-11(9)15/h2-3,6,8H,4-5,7H2,1H3. The molecule has 1 aromatic carbocycles. The first-order chi connectivity index (χ1) is 7.03. The third kappa shape index (κ3) is 2.36. The second-order valence-electron chi connectivity index (χ2n) is 4.39. The molecule has 0 aliphatic heterocycles. The third-order valence-electron chi connectivity index (χ3n) is 3.29. The van der Waals surface area contributed by atoms with Crippen molar-refractivity contribution in [2.45, 2.75) is 31.0 Å². The van der Waals surface area contributed by atoms with Gasteiger partial charge >= 0.3 is 0 Å². The Hall–Kier alpha value is -0.0800. The van der Waals surface area contributed by atoms with Crippen LogP contribution >= 0.6 is 27.5 Å². The summed E-state index contributed by atoms with van der Waals surface area (Å²) >= 11 is 9.32. The van der Waals surface area contributed by atoms with Crippen molar-refractivity contribution in [1.82, 2.24) is 0 Å². The minimum Gasteiger partial charge on any atom is -0.207 e. The number of hydrogen-bond acceptors (Lipinski definition) is 0. The summed E-state index contributed by atoms with van der Waals surface area (Å²) in [6.07, 6.45) is 3.17. The van der Waals surface area contributed by atoms with Crippen molar-refractivity contribution in [3.05, 3.63) is 34.6 Å². The van der Waals surface area contributed by atoms with Crippen molar-refractivity contribution in [2.24, 2.45) is 5.41 Å². The van der Waals surface area contributed by atoms with Crippen LogP contribution in [-0.2, 0) is 6.42 Å². The van der Waals surface area contributed by atoms with Gasteiger partial charge in [-0.25, -0.2) is 4.39 Å². The topological polar surface area (TPSA) is 0 Å². The van der Waals surface area contributed by atoms with E-state index in [4.69, 9.17) is 11.6 Å². The Labute approximate surface area is 103 Å². The van der Waals surface area contributed by atoms with E-state index < -0.39 is 0 Å². The molecule has 0 amide bonds. The van der Waals surface area contributed by atoms with Crippen LogP contribution in [-0.4, -0.2) is 4.83 Å². The number of halogens is 3. The average molecular weight is 292 g/mol. The fourth-order valence-corrected chi connectivity index (χ4v) is 2.70. The molecule has 0 radical (unpaired) electrons. The van der Waals surface area contributed by atoms with Gasteiger partial charge in [0.1, 0.15) is 5.82 Å². The summed E-state index contributed by atoms with van der Waals surface area (Å²) < 4.78 is 13.6. The zero-order valence-electron chi connectivity index (χ0n) is 8.56. The molecule has 1 fully saturated rings. The minimum atomic E-state index is -0.179. The minimum absolute atomic E-state index is 0.179. The van der Waals surface area contributed by atoms with Gasteiger partial charge in [-0.05, 0) is 42.4 Å². The summed E-state index contributed by atoms with van der Waals surface area (Å²) in [6.45, 7) is 2.14. The molecule has 1 aliphatic rings. The largest absolute Gasteiger partial charge is 0.207 e. The fourth-order valence-electron chi connectivity index (χ4n) is 1.92. The van der Waals surface area contributed by atoms with Gasteiger partial charge < -0.3 is 0 Å². The molecule has 1 saturated carbocycles. The van der Waals surface area contributed by atoms with Crippen LogP contribution in [0, 0.1) is 11.2 Å². The van der Waals surface area contributed by atoms with Gasteiger partial charge in [-0.15, -0.1) is 0 Å². The van der Waals surface area contributed by atoms with Crippen LogP contribution in [0.1, 0.15) is 25.3 Å². The molecule has 0 nitrogen and oxygen atoms in total. The molecule has 15 heavy (non-hydrogen) atoms. The lowest BCUT2D eigenvalue weighted by Gasteiger charge is -2.18. The van der Waals surface area contributed by atoms with Gasteiger partial charge in [-0.2, -0.15) is 0 Å². The van der Waals surface area contributed by atoms with Crippen molar-refractivity contribution in [2.75, 3.05) is 0 Å².